The van der Waals surface area contributed by atoms with Crippen LogP contribution in [0.5, 0.6) is 5.75 Å². The molecule has 1 heterocycles. The smallest absolute Gasteiger partial charge is 0.189 e. The first kappa shape index (κ1) is 8.99. The fourth-order valence-corrected chi connectivity index (χ4v) is 1.78. The molecule has 1 aliphatic heterocycles. The summed E-state index contributed by atoms with van der Waals surface area (Å²) in [4.78, 5) is 0. The Morgan fingerprint density at radius 1 is 1.46 bits per heavy atom. The monoisotopic (exact) mass is 244 g/mol. The average molecular weight is 245 g/mol. The number of rotatable bonds is 1. The van der Waals surface area contributed by atoms with Gasteiger partial charge in [0, 0.05) is 10.0 Å². The lowest BCUT2D eigenvalue weighted by Gasteiger charge is -2.18. The van der Waals surface area contributed by atoms with Crippen molar-refractivity contribution in [1.82, 2.24) is 0 Å². The van der Waals surface area contributed by atoms with Crippen molar-refractivity contribution in [1.29, 1.82) is 0 Å². The standard InChI is InChI=1S/C9H9BrO3/c10-8-1-7-4-12-5-13-9(7)2-6(8)3-11/h1-2,11H,3-5H2. The molecule has 1 aliphatic rings. The first-order chi connectivity index (χ1) is 6.31. The highest BCUT2D eigenvalue weighted by molar-refractivity contribution is 9.10. The molecule has 13 heavy (non-hydrogen) atoms. The number of benzene rings is 1. The van der Waals surface area contributed by atoms with E-state index in [2.05, 4.69) is 15.9 Å². The molecule has 4 heteroatoms. The first-order valence-electron chi connectivity index (χ1n) is 3.94. The Morgan fingerprint density at radius 2 is 2.31 bits per heavy atom. The fraction of sp³-hybridized carbons (Fsp3) is 0.333. The number of aliphatic hydroxyl groups excluding tert-OH is 1. The highest BCUT2D eigenvalue weighted by Crippen LogP contribution is 2.30. The van der Waals surface area contributed by atoms with Gasteiger partial charge >= 0.3 is 0 Å². The Bertz CT molecular complexity index is 325. The third-order valence-corrected chi connectivity index (χ3v) is 2.69. The van der Waals surface area contributed by atoms with Gasteiger partial charge in [-0.05, 0) is 17.7 Å². The Hall–Kier alpha value is -0.580. The van der Waals surface area contributed by atoms with Crippen molar-refractivity contribution in [2.24, 2.45) is 0 Å². The van der Waals surface area contributed by atoms with Crippen molar-refractivity contribution in [2.75, 3.05) is 6.79 Å². The van der Waals surface area contributed by atoms with Crippen LogP contribution in [0.4, 0.5) is 0 Å². The van der Waals surface area contributed by atoms with Gasteiger partial charge in [0.05, 0.1) is 13.2 Å². The maximum Gasteiger partial charge on any atom is 0.189 e. The summed E-state index contributed by atoms with van der Waals surface area (Å²) in [6.45, 7) is 0.872. The van der Waals surface area contributed by atoms with Gasteiger partial charge < -0.3 is 14.6 Å². The first-order valence-corrected chi connectivity index (χ1v) is 4.73. The maximum absolute atomic E-state index is 9.00. The summed E-state index contributed by atoms with van der Waals surface area (Å²) in [5, 5.41) is 9.00. The van der Waals surface area contributed by atoms with Gasteiger partial charge in [0.1, 0.15) is 5.75 Å². The second-order valence-electron chi connectivity index (χ2n) is 2.82. The van der Waals surface area contributed by atoms with Gasteiger partial charge in [0.15, 0.2) is 6.79 Å². The Kier molecular flexibility index (Phi) is 2.53. The van der Waals surface area contributed by atoms with Crippen LogP contribution in [-0.4, -0.2) is 11.9 Å². The molecule has 3 nitrogen and oxygen atoms in total. The van der Waals surface area contributed by atoms with Crippen LogP contribution in [0.3, 0.4) is 0 Å². The predicted molar refractivity (Wildman–Crippen MR) is 50.3 cm³/mol. The molecule has 0 unspecified atom stereocenters. The normalized spacial score (nSPS) is 14.9. The van der Waals surface area contributed by atoms with E-state index in [0.717, 1.165) is 21.3 Å². The van der Waals surface area contributed by atoms with Gasteiger partial charge in [-0.15, -0.1) is 0 Å². The minimum Gasteiger partial charge on any atom is -0.467 e. The molecule has 0 saturated heterocycles. The van der Waals surface area contributed by atoms with Crippen molar-refractivity contribution in [2.45, 2.75) is 13.2 Å². The zero-order chi connectivity index (χ0) is 9.26. The maximum atomic E-state index is 9.00. The predicted octanol–water partition coefficient (Wildman–Crippen LogP) is 1.81. The summed E-state index contributed by atoms with van der Waals surface area (Å²) in [6.07, 6.45) is 0. The molecule has 1 N–H and O–H groups in total. The van der Waals surface area contributed by atoms with Crippen LogP contribution in [0.1, 0.15) is 11.1 Å². The highest BCUT2D eigenvalue weighted by atomic mass is 79.9. The van der Waals surface area contributed by atoms with E-state index in [1.54, 1.807) is 0 Å². The molecule has 0 bridgehead atoms. The van der Waals surface area contributed by atoms with Crippen molar-refractivity contribution in [3.8, 4) is 5.75 Å². The molecular weight excluding hydrogens is 236 g/mol. The fourth-order valence-electron chi connectivity index (χ4n) is 1.26. The van der Waals surface area contributed by atoms with Crippen molar-refractivity contribution < 1.29 is 14.6 Å². The highest BCUT2D eigenvalue weighted by Gasteiger charge is 2.13. The van der Waals surface area contributed by atoms with E-state index in [-0.39, 0.29) is 6.61 Å². The van der Waals surface area contributed by atoms with E-state index in [1.807, 2.05) is 12.1 Å². The lowest BCUT2D eigenvalue weighted by molar-refractivity contribution is -0.0165. The van der Waals surface area contributed by atoms with Gasteiger partial charge in [0.2, 0.25) is 0 Å². The molecule has 0 atom stereocenters. The number of ether oxygens (including phenoxy) is 2. The van der Waals surface area contributed by atoms with Crippen LogP contribution >= 0.6 is 15.9 Å². The molecule has 0 aliphatic carbocycles. The van der Waals surface area contributed by atoms with Gasteiger partial charge in [-0.25, -0.2) is 0 Å². The lowest BCUT2D eigenvalue weighted by atomic mass is 10.1. The second-order valence-corrected chi connectivity index (χ2v) is 3.67. The molecule has 1 aromatic rings. The van der Waals surface area contributed by atoms with Gasteiger partial charge in [-0.2, -0.15) is 0 Å². The molecule has 2 rings (SSSR count). The third kappa shape index (κ3) is 1.70. The minimum atomic E-state index is 0.0120. The molecule has 70 valence electrons. The van der Waals surface area contributed by atoms with Crippen LogP contribution < -0.4 is 4.74 Å². The summed E-state index contributed by atoms with van der Waals surface area (Å²) >= 11 is 3.36. The SMILES string of the molecule is OCc1cc2c(cc1Br)COCO2. The van der Waals surface area contributed by atoms with Gasteiger partial charge in [-0.3, -0.25) is 0 Å². The molecule has 0 fully saturated rings. The molecule has 0 aromatic heterocycles. The minimum absolute atomic E-state index is 0.0120. The number of aliphatic hydroxyl groups is 1. The largest absolute Gasteiger partial charge is 0.467 e. The van der Waals surface area contributed by atoms with Crippen LogP contribution in [0, 0.1) is 0 Å². The third-order valence-electron chi connectivity index (χ3n) is 1.96. The van der Waals surface area contributed by atoms with Crippen LogP contribution in [0.2, 0.25) is 0 Å². The van der Waals surface area contributed by atoms with Gasteiger partial charge in [0.25, 0.3) is 0 Å². The Balaban J connectivity index is 2.44. The van der Waals surface area contributed by atoms with Crippen LogP contribution in [0.25, 0.3) is 0 Å². The van der Waals surface area contributed by atoms with E-state index in [9.17, 15) is 0 Å². The van der Waals surface area contributed by atoms with E-state index in [0.29, 0.717) is 13.4 Å². The number of fused-ring (bicyclic) bond motifs is 1. The molecule has 0 amide bonds. The van der Waals surface area contributed by atoms with E-state index >= 15 is 0 Å². The van der Waals surface area contributed by atoms with Crippen molar-refractivity contribution in [3.05, 3.63) is 27.7 Å². The summed E-state index contributed by atoms with van der Waals surface area (Å²) in [7, 11) is 0. The molecule has 0 spiro atoms. The number of halogens is 1. The summed E-state index contributed by atoms with van der Waals surface area (Å²) in [6, 6.07) is 3.75. The summed E-state index contributed by atoms with van der Waals surface area (Å²) in [5.74, 6) is 0.804. The zero-order valence-electron chi connectivity index (χ0n) is 6.92. The van der Waals surface area contributed by atoms with Crippen LogP contribution in [-0.2, 0) is 18.0 Å². The quantitative estimate of drug-likeness (QED) is 0.819. The number of hydrogen-bond acceptors (Lipinski definition) is 3. The van der Waals surface area contributed by atoms with Gasteiger partial charge in [-0.1, -0.05) is 15.9 Å². The molecule has 0 saturated carbocycles. The second kappa shape index (κ2) is 3.65. The molecule has 1 aromatic carbocycles. The average Bonchev–Trinajstić information content (AvgIpc) is 2.17. The summed E-state index contributed by atoms with van der Waals surface area (Å²) < 4.78 is 11.3. The molecular formula is C9H9BrO3. The van der Waals surface area contributed by atoms with E-state index in [1.165, 1.54) is 0 Å². The molecule has 0 radical (unpaired) electrons. The van der Waals surface area contributed by atoms with Crippen LogP contribution in [0.15, 0.2) is 16.6 Å². The Morgan fingerprint density at radius 3 is 3.08 bits per heavy atom. The topological polar surface area (TPSA) is 38.7 Å². The summed E-state index contributed by atoms with van der Waals surface area (Å²) in [5.41, 5.74) is 1.84. The van der Waals surface area contributed by atoms with E-state index in [4.69, 9.17) is 14.6 Å². The number of hydrogen-bond donors (Lipinski definition) is 1. The lowest BCUT2D eigenvalue weighted by Crippen LogP contribution is -2.11. The van der Waals surface area contributed by atoms with E-state index < -0.39 is 0 Å². The van der Waals surface area contributed by atoms with Crippen molar-refractivity contribution >= 4 is 15.9 Å². The zero-order valence-corrected chi connectivity index (χ0v) is 8.50. The Labute approximate surface area is 84.4 Å². The van der Waals surface area contributed by atoms with Crippen molar-refractivity contribution in [3.63, 3.8) is 0 Å².